The van der Waals surface area contributed by atoms with Gasteiger partial charge < -0.3 is 4.74 Å². The largest absolute Gasteiger partial charge is 0.466 e. The third-order valence-corrected chi connectivity index (χ3v) is 3.57. The van der Waals surface area contributed by atoms with E-state index < -0.39 is 0 Å². The average Bonchev–Trinajstić information content (AvgIpc) is 2.36. The van der Waals surface area contributed by atoms with Crippen LogP contribution < -0.4 is 0 Å². The second kappa shape index (κ2) is 7.20. The zero-order chi connectivity index (χ0) is 13.5. The standard InChI is InChI=1S/C16H24O2/c1-5-18-16(17)15(13(4)12(2)3)11-14-9-7-6-8-10-14/h6-10,12-13,15H,5,11H2,1-4H3/t13-,15?/m1/s1. The van der Waals surface area contributed by atoms with E-state index >= 15 is 0 Å². The van der Waals surface area contributed by atoms with E-state index in [2.05, 4.69) is 32.9 Å². The first-order chi connectivity index (χ1) is 8.56. The fourth-order valence-electron chi connectivity index (χ4n) is 2.07. The van der Waals surface area contributed by atoms with Gasteiger partial charge in [-0.25, -0.2) is 0 Å². The van der Waals surface area contributed by atoms with E-state index in [0.29, 0.717) is 18.4 Å². The van der Waals surface area contributed by atoms with Crippen molar-refractivity contribution in [1.29, 1.82) is 0 Å². The number of ether oxygens (including phenoxy) is 1. The van der Waals surface area contributed by atoms with Crippen molar-refractivity contribution in [2.75, 3.05) is 6.61 Å². The molecule has 0 saturated carbocycles. The minimum Gasteiger partial charge on any atom is -0.466 e. The van der Waals surface area contributed by atoms with Crippen molar-refractivity contribution >= 4 is 5.97 Å². The van der Waals surface area contributed by atoms with Crippen molar-refractivity contribution in [3.05, 3.63) is 35.9 Å². The Balaban J connectivity index is 2.81. The number of carbonyl (C=O) groups is 1. The first-order valence-corrected chi connectivity index (χ1v) is 6.76. The van der Waals surface area contributed by atoms with E-state index in [4.69, 9.17) is 4.74 Å². The van der Waals surface area contributed by atoms with Gasteiger partial charge in [0.15, 0.2) is 0 Å². The maximum atomic E-state index is 12.1. The van der Waals surface area contributed by atoms with Crippen molar-refractivity contribution in [3.8, 4) is 0 Å². The second-order valence-electron chi connectivity index (χ2n) is 5.15. The highest BCUT2D eigenvalue weighted by Gasteiger charge is 2.28. The van der Waals surface area contributed by atoms with Crippen LogP contribution in [-0.4, -0.2) is 12.6 Å². The Morgan fingerprint density at radius 3 is 2.28 bits per heavy atom. The Labute approximate surface area is 110 Å². The number of esters is 1. The normalized spacial score (nSPS) is 14.3. The SMILES string of the molecule is CCOC(=O)C(Cc1ccccc1)[C@H](C)C(C)C. The van der Waals surface area contributed by atoms with Gasteiger partial charge in [-0.3, -0.25) is 4.79 Å². The lowest BCUT2D eigenvalue weighted by atomic mass is 9.81. The lowest BCUT2D eigenvalue weighted by molar-refractivity contribution is -0.150. The molecule has 1 unspecified atom stereocenters. The summed E-state index contributed by atoms with van der Waals surface area (Å²) in [5.74, 6) is 0.683. The van der Waals surface area contributed by atoms with Crippen LogP contribution in [0.15, 0.2) is 30.3 Å². The van der Waals surface area contributed by atoms with E-state index in [1.54, 1.807) is 0 Å². The molecule has 0 bridgehead atoms. The van der Waals surface area contributed by atoms with Gasteiger partial charge in [0.25, 0.3) is 0 Å². The Kier molecular flexibility index (Phi) is 5.90. The summed E-state index contributed by atoms with van der Waals surface area (Å²) in [4.78, 5) is 12.1. The van der Waals surface area contributed by atoms with Gasteiger partial charge in [0, 0.05) is 0 Å². The van der Waals surface area contributed by atoms with E-state index in [1.807, 2.05) is 25.1 Å². The third kappa shape index (κ3) is 4.17. The van der Waals surface area contributed by atoms with Crippen LogP contribution in [0.5, 0.6) is 0 Å². The number of carbonyl (C=O) groups excluding carboxylic acids is 1. The van der Waals surface area contributed by atoms with Gasteiger partial charge in [-0.2, -0.15) is 0 Å². The van der Waals surface area contributed by atoms with Gasteiger partial charge >= 0.3 is 5.97 Å². The van der Waals surface area contributed by atoms with Gasteiger partial charge in [-0.05, 0) is 30.7 Å². The molecule has 0 aromatic heterocycles. The fraction of sp³-hybridized carbons (Fsp3) is 0.562. The van der Waals surface area contributed by atoms with E-state index in [9.17, 15) is 4.79 Å². The average molecular weight is 248 g/mol. The van der Waals surface area contributed by atoms with Crippen LogP contribution in [0, 0.1) is 17.8 Å². The molecule has 100 valence electrons. The molecule has 0 aliphatic carbocycles. The molecular weight excluding hydrogens is 224 g/mol. The zero-order valence-electron chi connectivity index (χ0n) is 11.8. The molecule has 18 heavy (non-hydrogen) atoms. The Hall–Kier alpha value is -1.31. The van der Waals surface area contributed by atoms with Crippen LogP contribution in [0.25, 0.3) is 0 Å². The van der Waals surface area contributed by atoms with E-state index in [1.165, 1.54) is 5.56 Å². The van der Waals surface area contributed by atoms with Crippen molar-refractivity contribution in [1.82, 2.24) is 0 Å². The molecule has 1 aromatic carbocycles. The van der Waals surface area contributed by atoms with Crippen molar-refractivity contribution < 1.29 is 9.53 Å². The minimum atomic E-state index is -0.0671. The predicted octanol–water partition coefficient (Wildman–Crippen LogP) is 3.70. The van der Waals surface area contributed by atoms with Crippen LogP contribution in [0.2, 0.25) is 0 Å². The summed E-state index contributed by atoms with van der Waals surface area (Å²) >= 11 is 0. The molecule has 0 saturated heterocycles. The molecule has 0 radical (unpaired) electrons. The Bertz CT molecular complexity index is 357. The quantitative estimate of drug-likeness (QED) is 0.717. The summed E-state index contributed by atoms with van der Waals surface area (Å²) in [6.45, 7) is 8.76. The maximum Gasteiger partial charge on any atom is 0.309 e. The number of benzene rings is 1. The lowest BCUT2D eigenvalue weighted by Gasteiger charge is -2.25. The van der Waals surface area contributed by atoms with Crippen LogP contribution in [-0.2, 0) is 16.0 Å². The first-order valence-electron chi connectivity index (χ1n) is 6.76. The monoisotopic (exact) mass is 248 g/mol. The molecule has 0 fully saturated rings. The first kappa shape index (κ1) is 14.7. The smallest absolute Gasteiger partial charge is 0.309 e. The second-order valence-corrected chi connectivity index (χ2v) is 5.15. The van der Waals surface area contributed by atoms with Crippen molar-refractivity contribution in [2.45, 2.75) is 34.1 Å². The third-order valence-electron chi connectivity index (χ3n) is 3.57. The molecule has 1 rings (SSSR count). The van der Waals surface area contributed by atoms with Crippen LogP contribution in [0.4, 0.5) is 0 Å². The summed E-state index contributed by atoms with van der Waals surface area (Å²) in [5.41, 5.74) is 1.20. The number of hydrogen-bond donors (Lipinski definition) is 0. The molecule has 0 spiro atoms. The molecule has 0 N–H and O–H groups in total. The molecule has 0 amide bonds. The molecule has 0 heterocycles. The maximum absolute atomic E-state index is 12.1. The molecule has 2 nitrogen and oxygen atoms in total. The van der Waals surface area contributed by atoms with Gasteiger partial charge in [-0.1, -0.05) is 51.1 Å². The van der Waals surface area contributed by atoms with Gasteiger partial charge in [0.1, 0.15) is 0 Å². The lowest BCUT2D eigenvalue weighted by Crippen LogP contribution is -2.29. The number of rotatable bonds is 6. The van der Waals surface area contributed by atoms with Crippen molar-refractivity contribution in [3.63, 3.8) is 0 Å². The van der Waals surface area contributed by atoms with Crippen LogP contribution in [0.3, 0.4) is 0 Å². The topological polar surface area (TPSA) is 26.3 Å². The Morgan fingerprint density at radius 1 is 1.17 bits per heavy atom. The Morgan fingerprint density at radius 2 is 1.78 bits per heavy atom. The highest BCUT2D eigenvalue weighted by molar-refractivity contribution is 5.73. The molecule has 0 aliphatic heterocycles. The molecular formula is C16H24O2. The zero-order valence-corrected chi connectivity index (χ0v) is 11.8. The fourth-order valence-corrected chi connectivity index (χ4v) is 2.07. The van der Waals surface area contributed by atoms with E-state index in [0.717, 1.165) is 6.42 Å². The van der Waals surface area contributed by atoms with E-state index in [-0.39, 0.29) is 11.9 Å². The van der Waals surface area contributed by atoms with Gasteiger partial charge in [0.2, 0.25) is 0 Å². The molecule has 0 aliphatic rings. The molecule has 2 atom stereocenters. The summed E-state index contributed by atoms with van der Waals surface area (Å²) in [7, 11) is 0. The predicted molar refractivity (Wildman–Crippen MR) is 74.3 cm³/mol. The summed E-state index contributed by atoms with van der Waals surface area (Å²) in [6, 6.07) is 10.2. The molecule has 2 heteroatoms. The highest BCUT2D eigenvalue weighted by atomic mass is 16.5. The minimum absolute atomic E-state index is 0.0488. The summed E-state index contributed by atoms with van der Waals surface area (Å²) in [5, 5.41) is 0. The summed E-state index contributed by atoms with van der Waals surface area (Å²) in [6.07, 6.45) is 0.763. The number of hydrogen-bond acceptors (Lipinski definition) is 2. The van der Waals surface area contributed by atoms with Crippen molar-refractivity contribution in [2.24, 2.45) is 17.8 Å². The van der Waals surface area contributed by atoms with Crippen LogP contribution in [0.1, 0.15) is 33.3 Å². The highest BCUT2D eigenvalue weighted by Crippen LogP contribution is 2.25. The summed E-state index contributed by atoms with van der Waals surface area (Å²) < 4.78 is 5.21. The molecule has 1 aromatic rings. The van der Waals surface area contributed by atoms with Gasteiger partial charge in [0.05, 0.1) is 12.5 Å². The van der Waals surface area contributed by atoms with Gasteiger partial charge in [-0.15, -0.1) is 0 Å². The van der Waals surface area contributed by atoms with Crippen LogP contribution >= 0.6 is 0 Å².